The first-order valence-electron chi connectivity index (χ1n) is 5.44. The van der Waals surface area contributed by atoms with Crippen molar-refractivity contribution >= 4 is 5.91 Å². The van der Waals surface area contributed by atoms with E-state index in [2.05, 4.69) is 20.5 Å². The van der Waals surface area contributed by atoms with Gasteiger partial charge in [0.1, 0.15) is 11.6 Å². The Morgan fingerprint density at radius 3 is 2.72 bits per heavy atom. The molecule has 0 aliphatic heterocycles. The van der Waals surface area contributed by atoms with Crippen LogP contribution in [0.25, 0.3) is 0 Å². The second-order valence-electron chi connectivity index (χ2n) is 3.88. The Balaban J connectivity index is 2.16. The van der Waals surface area contributed by atoms with Crippen LogP contribution in [0.1, 0.15) is 27.7 Å². The van der Waals surface area contributed by atoms with Crippen LogP contribution >= 0.6 is 0 Å². The van der Waals surface area contributed by atoms with Crippen LogP contribution < -0.4 is 11.3 Å². The average molecular weight is 246 g/mol. The maximum atomic E-state index is 11.2. The molecule has 0 saturated carbocycles. The van der Waals surface area contributed by atoms with Gasteiger partial charge in [0.25, 0.3) is 5.91 Å². The Morgan fingerprint density at radius 2 is 2.22 bits per heavy atom. The fourth-order valence-electron chi connectivity index (χ4n) is 1.60. The van der Waals surface area contributed by atoms with Gasteiger partial charge < -0.3 is 0 Å². The minimum atomic E-state index is -0.359. The minimum Gasteiger partial charge on any atom is -0.290 e. The zero-order valence-electron chi connectivity index (χ0n) is 10.2. The summed E-state index contributed by atoms with van der Waals surface area (Å²) >= 11 is 0. The fraction of sp³-hybridized carbons (Fsp3) is 0.273. The molecule has 0 aliphatic rings. The number of amides is 1. The van der Waals surface area contributed by atoms with Crippen LogP contribution in [0.2, 0.25) is 0 Å². The summed E-state index contributed by atoms with van der Waals surface area (Å²) in [6, 6.07) is 3.44. The monoisotopic (exact) mass is 246 g/mol. The lowest BCUT2D eigenvalue weighted by atomic mass is 10.2. The maximum Gasteiger partial charge on any atom is 0.266 e. The summed E-state index contributed by atoms with van der Waals surface area (Å²) in [6.45, 7) is 4.25. The predicted molar refractivity (Wildman–Crippen MR) is 64.5 cm³/mol. The number of rotatable bonds is 3. The van der Waals surface area contributed by atoms with Gasteiger partial charge in [0.05, 0.1) is 17.8 Å². The molecule has 0 radical (unpaired) electrons. The van der Waals surface area contributed by atoms with Gasteiger partial charge in [0.15, 0.2) is 0 Å². The van der Waals surface area contributed by atoms with E-state index < -0.39 is 0 Å². The number of pyridine rings is 1. The molecule has 0 unspecified atom stereocenters. The molecule has 2 aromatic heterocycles. The van der Waals surface area contributed by atoms with Crippen molar-refractivity contribution in [1.82, 2.24) is 25.2 Å². The van der Waals surface area contributed by atoms with Crippen molar-refractivity contribution in [2.75, 3.05) is 0 Å². The number of carbonyl (C=O) groups excluding carboxylic acids is 1. The molecule has 18 heavy (non-hydrogen) atoms. The van der Waals surface area contributed by atoms with E-state index in [1.807, 2.05) is 13.8 Å². The van der Waals surface area contributed by atoms with Crippen LogP contribution in [-0.2, 0) is 6.54 Å². The summed E-state index contributed by atoms with van der Waals surface area (Å²) in [7, 11) is 0. The molecular weight excluding hydrogens is 232 g/mol. The number of carbonyl (C=O) groups is 1. The van der Waals surface area contributed by atoms with Gasteiger partial charge in [-0.25, -0.2) is 15.5 Å². The van der Waals surface area contributed by atoms with Crippen molar-refractivity contribution in [3.8, 4) is 0 Å². The number of nitrogens with one attached hydrogen (secondary N) is 1. The smallest absolute Gasteiger partial charge is 0.266 e. The predicted octanol–water partition coefficient (Wildman–Crippen LogP) is -0.0583. The Kier molecular flexibility index (Phi) is 3.33. The first kappa shape index (κ1) is 12.2. The third kappa shape index (κ3) is 2.51. The van der Waals surface area contributed by atoms with Crippen LogP contribution in [-0.4, -0.2) is 25.7 Å². The third-order valence-corrected chi connectivity index (χ3v) is 2.49. The normalized spacial score (nSPS) is 10.4. The maximum absolute atomic E-state index is 11.2. The summed E-state index contributed by atoms with van der Waals surface area (Å²) in [5.74, 6) is 6.24. The lowest BCUT2D eigenvalue weighted by Crippen LogP contribution is -2.30. The Bertz CT molecular complexity index is 559. The largest absolute Gasteiger partial charge is 0.290 e. The fourth-order valence-corrected chi connectivity index (χ4v) is 1.60. The number of aromatic nitrogens is 4. The number of aryl methyl sites for hydroxylation is 2. The van der Waals surface area contributed by atoms with E-state index in [0.29, 0.717) is 12.1 Å². The molecule has 7 heteroatoms. The second-order valence-corrected chi connectivity index (χ2v) is 3.88. The van der Waals surface area contributed by atoms with Gasteiger partial charge in [-0.15, -0.1) is 0 Å². The Morgan fingerprint density at radius 1 is 1.44 bits per heavy atom. The van der Waals surface area contributed by atoms with Crippen LogP contribution in [0.4, 0.5) is 0 Å². The molecular formula is C11H14N6O. The number of nitrogens with two attached hydrogens (primary N) is 1. The SMILES string of the molecule is Cc1nc(C)n(Cc2ccc(C(=O)NN)cn2)n1. The van der Waals surface area contributed by atoms with Gasteiger partial charge in [0.2, 0.25) is 0 Å². The van der Waals surface area contributed by atoms with Gasteiger partial charge >= 0.3 is 0 Å². The first-order chi connectivity index (χ1) is 8.60. The van der Waals surface area contributed by atoms with Crippen molar-refractivity contribution in [3.05, 3.63) is 41.2 Å². The summed E-state index contributed by atoms with van der Waals surface area (Å²) in [5.41, 5.74) is 3.28. The molecule has 0 aromatic carbocycles. The van der Waals surface area contributed by atoms with Crippen molar-refractivity contribution in [2.24, 2.45) is 5.84 Å². The average Bonchev–Trinajstić information content (AvgIpc) is 2.68. The lowest BCUT2D eigenvalue weighted by Gasteiger charge is -2.04. The molecule has 2 aromatic rings. The molecule has 0 bridgehead atoms. The van der Waals surface area contributed by atoms with Gasteiger partial charge in [0, 0.05) is 6.20 Å². The van der Waals surface area contributed by atoms with E-state index in [1.54, 1.807) is 16.8 Å². The Labute approximate surface area is 104 Å². The standard InChI is InChI=1S/C11H14N6O/c1-7-14-8(2)17(16-7)6-10-4-3-9(5-13-10)11(18)15-12/h3-5H,6,12H2,1-2H3,(H,15,18). The van der Waals surface area contributed by atoms with Crippen molar-refractivity contribution in [3.63, 3.8) is 0 Å². The highest BCUT2D eigenvalue weighted by Crippen LogP contribution is 2.04. The van der Waals surface area contributed by atoms with E-state index in [-0.39, 0.29) is 5.91 Å². The van der Waals surface area contributed by atoms with E-state index in [4.69, 9.17) is 5.84 Å². The molecule has 94 valence electrons. The molecule has 0 fully saturated rings. The lowest BCUT2D eigenvalue weighted by molar-refractivity contribution is 0.0953. The van der Waals surface area contributed by atoms with Crippen LogP contribution in [0, 0.1) is 13.8 Å². The molecule has 1 amide bonds. The third-order valence-electron chi connectivity index (χ3n) is 2.49. The topological polar surface area (TPSA) is 98.7 Å². The van der Waals surface area contributed by atoms with E-state index >= 15 is 0 Å². The van der Waals surface area contributed by atoms with Gasteiger partial charge in [-0.3, -0.25) is 15.2 Å². The Hall–Kier alpha value is -2.28. The van der Waals surface area contributed by atoms with E-state index in [0.717, 1.165) is 17.3 Å². The number of hydrogen-bond donors (Lipinski definition) is 2. The zero-order chi connectivity index (χ0) is 13.1. The summed E-state index contributed by atoms with van der Waals surface area (Å²) < 4.78 is 1.76. The first-order valence-corrected chi connectivity index (χ1v) is 5.44. The van der Waals surface area contributed by atoms with Crippen molar-refractivity contribution in [2.45, 2.75) is 20.4 Å². The highest BCUT2D eigenvalue weighted by atomic mass is 16.2. The molecule has 0 saturated heterocycles. The molecule has 2 heterocycles. The van der Waals surface area contributed by atoms with Gasteiger partial charge in [-0.2, -0.15) is 5.10 Å². The quantitative estimate of drug-likeness (QED) is 0.449. The second kappa shape index (κ2) is 4.92. The number of hydrazine groups is 1. The summed E-state index contributed by atoms with van der Waals surface area (Å²) in [6.07, 6.45) is 1.48. The van der Waals surface area contributed by atoms with Gasteiger partial charge in [-0.05, 0) is 26.0 Å². The van der Waals surface area contributed by atoms with Crippen molar-refractivity contribution in [1.29, 1.82) is 0 Å². The number of hydrogen-bond acceptors (Lipinski definition) is 5. The molecule has 2 rings (SSSR count). The highest BCUT2D eigenvalue weighted by Gasteiger charge is 2.06. The van der Waals surface area contributed by atoms with Gasteiger partial charge in [-0.1, -0.05) is 0 Å². The molecule has 0 aliphatic carbocycles. The summed E-state index contributed by atoms with van der Waals surface area (Å²) in [4.78, 5) is 19.6. The molecule has 0 atom stereocenters. The highest BCUT2D eigenvalue weighted by molar-refractivity contribution is 5.93. The van der Waals surface area contributed by atoms with Crippen LogP contribution in [0.5, 0.6) is 0 Å². The minimum absolute atomic E-state index is 0.359. The van der Waals surface area contributed by atoms with Crippen LogP contribution in [0.15, 0.2) is 18.3 Å². The summed E-state index contributed by atoms with van der Waals surface area (Å²) in [5, 5.41) is 4.25. The number of nitrogen functional groups attached to an aromatic ring is 1. The molecule has 7 nitrogen and oxygen atoms in total. The van der Waals surface area contributed by atoms with Crippen LogP contribution in [0.3, 0.4) is 0 Å². The van der Waals surface area contributed by atoms with Crippen molar-refractivity contribution < 1.29 is 4.79 Å². The van der Waals surface area contributed by atoms with E-state index in [1.165, 1.54) is 6.20 Å². The van der Waals surface area contributed by atoms with E-state index in [9.17, 15) is 4.79 Å². The molecule has 3 N–H and O–H groups in total. The molecule has 0 spiro atoms. The zero-order valence-corrected chi connectivity index (χ0v) is 10.2. The number of nitrogens with zero attached hydrogens (tertiary/aromatic N) is 4.